The fraction of sp³-hybridized carbons (Fsp3) is 0.350. The summed E-state index contributed by atoms with van der Waals surface area (Å²) in [5.74, 6) is -0.529. The molecule has 3 aromatic rings. The van der Waals surface area contributed by atoms with Crippen molar-refractivity contribution < 1.29 is 17.6 Å². The van der Waals surface area contributed by atoms with Gasteiger partial charge >= 0.3 is 5.76 Å². The minimum absolute atomic E-state index is 0.0631. The Balaban J connectivity index is 1.58. The highest BCUT2D eigenvalue weighted by Crippen LogP contribution is 2.23. The summed E-state index contributed by atoms with van der Waals surface area (Å²) in [6, 6.07) is 14.2. The lowest BCUT2D eigenvalue weighted by molar-refractivity contribution is 0.0172. The molecule has 1 aromatic heterocycles. The number of oxazole rings is 1. The van der Waals surface area contributed by atoms with Crippen molar-refractivity contribution in [2.24, 2.45) is 7.05 Å². The number of ether oxygens (including phenoxy) is 1. The van der Waals surface area contributed by atoms with Crippen LogP contribution in [0.2, 0.25) is 0 Å². The van der Waals surface area contributed by atoms with Gasteiger partial charge in [-0.3, -0.25) is 9.47 Å². The van der Waals surface area contributed by atoms with Gasteiger partial charge in [0, 0.05) is 38.8 Å². The van der Waals surface area contributed by atoms with E-state index in [1.54, 1.807) is 13.1 Å². The number of hydrogen-bond donors (Lipinski definition) is 1. The average molecular weight is 417 g/mol. The fourth-order valence-corrected chi connectivity index (χ4v) is 4.63. The smallest absolute Gasteiger partial charge is 0.408 e. The first-order valence-electron chi connectivity index (χ1n) is 9.42. The molecule has 0 saturated carbocycles. The monoisotopic (exact) mass is 417 g/mol. The van der Waals surface area contributed by atoms with Gasteiger partial charge < -0.3 is 9.15 Å². The van der Waals surface area contributed by atoms with E-state index in [1.807, 2.05) is 30.3 Å². The van der Waals surface area contributed by atoms with Crippen LogP contribution in [0.25, 0.3) is 11.1 Å². The molecule has 0 radical (unpaired) electrons. The van der Waals surface area contributed by atoms with E-state index in [4.69, 9.17) is 9.15 Å². The van der Waals surface area contributed by atoms with Gasteiger partial charge in [-0.25, -0.2) is 17.9 Å². The van der Waals surface area contributed by atoms with Crippen molar-refractivity contribution in [1.29, 1.82) is 0 Å². The van der Waals surface area contributed by atoms with Crippen LogP contribution in [-0.2, 0) is 21.8 Å². The Morgan fingerprint density at radius 1 is 1.10 bits per heavy atom. The maximum absolute atomic E-state index is 12.9. The van der Waals surface area contributed by atoms with Gasteiger partial charge in [0.05, 0.1) is 23.6 Å². The molecule has 0 aliphatic carbocycles. The van der Waals surface area contributed by atoms with Crippen molar-refractivity contribution in [2.75, 3.05) is 32.8 Å². The first-order chi connectivity index (χ1) is 14.0. The maximum atomic E-state index is 12.9. The molecule has 1 aliphatic heterocycles. The van der Waals surface area contributed by atoms with E-state index in [0.717, 1.165) is 18.7 Å². The number of nitrogens with one attached hydrogen (secondary N) is 1. The van der Waals surface area contributed by atoms with Crippen LogP contribution in [0.1, 0.15) is 11.6 Å². The molecule has 0 bridgehead atoms. The molecule has 4 rings (SSSR count). The third-order valence-corrected chi connectivity index (χ3v) is 6.63. The van der Waals surface area contributed by atoms with Crippen molar-refractivity contribution in [2.45, 2.75) is 10.9 Å². The highest BCUT2D eigenvalue weighted by Gasteiger charge is 2.25. The zero-order chi connectivity index (χ0) is 20.4. The molecule has 8 nitrogen and oxygen atoms in total. The number of nitrogens with zero attached hydrogens (tertiary/aromatic N) is 2. The molecular formula is C20H23N3O5S. The van der Waals surface area contributed by atoms with E-state index in [1.165, 1.54) is 16.7 Å². The van der Waals surface area contributed by atoms with Crippen molar-refractivity contribution in [3.8, 4) is 0 Å². The molecule has 0 amide bonds. The van der Waals surface area contributed by atoms with Crippen LogP contribution in [0.15, 0.2) is 62.6 Å². The predicted molar refractivity (Wildman–Crippen MR) is 108 cm³/mol. The summed E-state index contributed by atoms with van der Waals surface area (Å²) < 4.78 is 40.4. The van der Waals surface area contributed by atoms with Gasteiger partial charge in [0.2, 0.25) is 10.0 Å². The molecule has 0 unspecified atom stereocenters. The zero-order valence-corrected chi connectivity index (χ0v) is 16.9. The molecule has 154 valence electrons. The highest BCUT2D eigenvalue weighted by atomic mass is 32.2. The van der Waals surface area contributed by atoms with Crippen LogP contribution in [0.5, 0.6) is 0 Å². The quantitative estimate of drug-likeness (QED) is 0.653. The number of rotatable bonds is 6. The van der Waals surface area contributed by atoms with Crippen molar-refractivity contribution in [1.82, 2.24) is 14.2 Å². The Bertz CT molecular complexity index is 1150. The average Bonchev–Trinajstić information content (AvgIpc) is 3.03. The number of hydrogen-bond acceptors (Lipinski definition) is 6. The van der Waals surface area contributed by atoms with Crippen molar-refractivity contribution in [3.63, 3.8) is 0 Å². The molecule has 1 fully saturated rings. The molecule has 2 heterocycles. The number of aromatic nitrogens is 1. The molecule has 1 saturated heterocycles. The second-order valence-electron chi connectivity index (χ2n) is 6.98. The summed E-state index contributed by atoms with van der Waals surface area (Å²) in [4.78, 5) is 13.9. The van der Waals surface area contributed by atoms with Crippen LogP contribution in [0.3, 0.4) is 0 Å². The van der Waals surface area contributed by atoms with E-state index in [-0.39, 0.29) is 23.1 Å². The SMILES string of the molecule is Cn1c(=O)oc2cc(S(=O)(=O)NC[C@H](c3ccccc3)N3CCOCC3)ccc21. The Kier molecular flexibility index (Phi) is 5.55. The molecule has 9 heteroatoms. The molecule has 1 atom stereocenters. The molecule has 1 aliphatic rings. The Labute approximate surface area is 168 Å². The van der Waals surface area contributed by atoms with Crippen molar-refractivity contribution in [3.05, 3.63) is 64.6 Å². The van der Waals surface area contributed by atoms with E-state index >= 15 is 0 Å². The van der Waals surface area contributed by atoms with Gasteiger partial charge in [0.25, 0.3) is 0 Å². The van der Waals surface area contributed by atoms with Gasteiger partial charge in [0.1, 0.15) is 0 Å². The van der Waals surface area contributed by atoms with Gasteiger partial charge in [-0.2, -0.15) is 0 Å². The minimum atomic E-state index is -3.78. The van der Waals surface area contributed by atoms with Crippen LogP contribution in [0, 0.1) is 0 Å². The summed E-state index contributed by atoms with van der Waals surface area (Å²) in [6.07, 6.45) is 0. The summed E-state index contributed by atoms with van der Waals surface area (Å²) >= 11 is 0. The van der Waals surface area contributed by atoms with Gasteiger partial charge in [-0.1, -0.05) is 30.3 Å². The molecule has 2 aromatic carbocycles. The molecule has 0 spiro atoms. The topological polar surface area (TPSA) is 93.8 Å². The van der Waals surface area contributed by atoms with E-state index in [9.17, 15) is 13.2 Å². The lowest BCUT2D eigenvalue weighted by Gasteiger charge is -2.34. The van der Waals surface area contributed by atoms with E-state index in [0.29, 0.717) is 18.7 Å². The number of fused-ring (bicyclic) bond motifs is 1. The van der Waals surface area contributed by atoms with Crippen LogP contribution < -0.4 is 10.5 Å². The maximum Gasteiger partial charge on any atom is 0.419 e. The lowest BCUT2D eigenvalue weighted by atomic mass is 10.1. The molecule has 29 heavy (non-hydrogen) atoms. The summed E-state index contributed by atoms with van der Waals surface area (Å²) in [6.45, 7) is 2.95. The van der Waals surface area contributed by atoms with Crippen LogP contribution in [0.4, 0.5) is 0 Å². The predicted octanol–water partition coefficient (Wildman–Crippen LogP) is 1.48. The molecule has 1 N–H and O–H groups in total. The normalized spacial score (nSPS) is 16.9. The number of aryl methyl sites for hydroxylation is 1. The fourth-order valence-electron chi connectivity index (χ4n) is 3.58. The third-order valence-electron chi connectivity index (χ3n) is 5.21. The van der Waals surface area contributed by atoms with E-state index < -0.39 is 15.8 Å². The summed E-state index contributed by atoms with van der Waals surface area (Å²) in [7, 11) is -2.20. The number of benzene rings is 2. The molecular weight excluding hydrogens is 394 g/mol. The second kappa shape index (κ2) is 8.11. The number of sulfonamides is 1. The van der Waals surface area contributed by atoms with Gasteiger partial charge in [0.15, 0.2) is 5.58 Å². The highest BCUT2D eigenvalue weighted by molar-refractivity contribution is 7.89. The van der Waals surface area contributed by atoms with Crippen LogP contribution >= 0.6 is 0 Å². The van der Waals surface area contributed by atoms with Gasteiger partial charge in [-0.15, -0.1) is 0 Å². The summed E-state index contributed by atoms with van der Waals surface area (Å²) in [5.41, 5.74) is 1.83. The van der Waals surface area contributed by atoms with Gasteiger partial charge in [-0.05, 0) is 17.7 Å². The standard InChI is InChI=1S/C20H23N3O5S/c1-22-17-8-7-16(13-19(17)28-20(22)24)29(25,26)21-14-18(15-5-3-2-4-6-15)23-9-11-27-12-10-23/h2-8,13,18,21H,9-12,14H2,1H3/t18-/m1/s1. The largest absolute Gasteiger partial charge is 0.419 e. The Hall–Kier alpha value is -2.46. The van der Waals surface area contributed by atoms with Crippen molar-refractivity contribution >= 4 is 21.1 Å². The number of morpholine rings is 1. The lowest BCUT2D eigenvalue weighted by Crippen LogP contribution is -2.43. The first kappa shape index (κ1) is 19.8. The zero-order valence-electron chi connectivity index (χ0n) is 16.1. The first-order valence-corrected chi connectivity index (χ1v) is 10.9. The Morgan fingerprint density at radius 2 is 1.83 bits per heavy atom. The second-order valence-corrected chi connectivity index (χ2v) is 8.75. The summed E-state index contributed by atoms with van der Waals surface area (Å²) in [5, 5.41) is 0. The Morgan fingerprint density at radius 3 is 2.55 bits per heavy atom. The minimum Gasteiger partial charge on any atom is -0.408 e. The van der Waals surface area contributed by atoms with Crippen LogP contribution in [-0.4, -0.2) is 50.7 Å². The van der Waals surface area contributed by atoms with E-state index in [2.05, 4.69) is 9.62 Å². The third kappa shape index (κ3) is 4.13.